The monoisotopic (exact) mass is 430 g/mol. The van der Waals surface area contributed by atoms with Crippen molar-refractivity contribution >= 4 is 23.4 Å². The van der Waals surface area contributed by atoms with Crippen molar-refractivity contribution in [1.29, 1.82) is 0 Å². The molecule has 160 valence electrons. The topological polar surface area (TPSA) is 93.0 Å². The first-order chi connectivity index (χ1) is 14.3. The molecule has 1 saturated heterocycles. The van der Waals surface area contributed by atoms with Crippen LogP contribution in [0.2, 0.25) is 5.02 Å². The van der Waals surface area contributed by atoms with E-state index in [2.05, 4.69) is 34.7 Å². The predicted octanol–water partition coefficient (Wildman–Crippen LogP) is 2.75. The summed E-state index contributed by atoms with van der Waals surface area (Å²) in [5, 5.41) is 14.8. The zero-order valence-corrected chi connectivity index (χ0v) is 18.1. The van der Waals surface area contributed by atoms with Gasteiger partial charge in [0.1, 0.15) is 12.4 Å². The Hall–Kier alpha value is -2.48. The van der Waals surface area contributed by atoms with Crippen molar-refractivity contribution in [3.63, 3.8) is 0 Å². The van der Waals surface area contributed by atoms with Crippen LogP contribution in [-0.2, 0) is 16.1 Å². The standard InChI is InChI=1S/C21H27ClN6O2/c1-14-9-18(27(12-14)19(29)5-6-21(2)7-8-21)20(30)23-11-15-10-16(22)3-4-17(15)28-13-24-25-26-28/h3-4,10,13-14,18H,5-9,11-12H2,1-2H3,(H,23,30)/t14-,18?/m1/s1. The number of hydrogen-bond donors (Lipinski definition) is 1. The minimum Gasteiger partial charge on any atom is -0.350 e. The van der Waals surface area contributed by atoms with Gasteiger partial charge >= 0.3 is 0 Å². The van der Waals surface area contributed by atoms with E-state index in [0.29, 0.717) is 35.7 Å². The predicted molar refractivity (Wildman–Crippen MR) is 112 cm³/mol. The maximum absolute atomic E-state index is 13.0. The van der Waals surface area contributed by atoms with Gasteiger partial charge in [-0.2, -0.15) is 0 Å². The van der Waals surface area contributed by atoms with Crippen LogP contribution >= 0.6 is 11.6 Å². The Bertz CT molecular complexity index is 928. The number of benzene rings is 1. The van der Waals surface area contributed by atoms with Crippen LogP contribution in [0, 0.1) is 11.3 Å². The van der Waals surface area contributed by atoms with Crippen molar-refractivity contribution in [2.45, 2.75) is 58.5 Å². The molecular weight excluding hydrogens is 404 g/mol. The van der Waals surface area contributed by atoms with Crippen LogP contribution in [0.5, 0.6) is 0 Å². The van der Waals surface area contributed by atoms with Crippen molar-refractivity contribution < 1.29 is 9.59 Å². The number of amides is 2. The van der Waals surface area contributed by atoms with Crippen LogP contribution in [0.15, 0.2) is 24.5 Å². The Labute approximate surface area is 181 Å². The van der Waals surface area contributed by atoms with Crippen molar-refractivity contribution in [3.8, 4) is 5.69 Å². The van der Waals surface area contributed by atoms with E-state index in [1.807, 2.05) is 6.07 Å². The smallest absolute Gasteiger partial charge is 0.243 e. The lowest BCUT2D eigenvalue weighted by Crippen LogP contribution is -2.45. The van der Waals surface area contributed by atoms with Gasteiger partial charge in [-0.05, 0) is 71.2 Å². The van der Waals surface area contributed by atoms with Crippen LogP contribution in [0.4, 0.5) is 0 Å². The number of likely N-dealkylation sites (tertiary alicyclic amines) is 1. The number of nitrogens with one attached hydrogen (secondary N) is 1. The van der Waals surface area contributed by atoms with Gasteiger partial charge in [0.05, 0.1) is 5.69 Å². The van der Waals surface area contributed by atoms with Crippen LogP contribution < -0.4 is 5.32 Å². The van der Waals surface area contributed by atoms with Gasteiger partial charge in [-0.15, -0.1) is 5.10 Å². The highest BCUT2D eigenvalue weighted by Gasteiger charge is 2.40. The second-order valence-corrected chi connectivity index (χ2v) is 9.40. The Balaban J connectivity index is 1.41. The van der Waals surface area contributed by atoms with E-state index >= 15 is 0 Å². The minimum atomic E-state index is -0.421. The van der Waals surface area contributed by atoms with Crippen LogP contribution in [-0.4, -0.2) is 49.5 Å². The fourth-order valence-electron chi connectivity index (χ4n) is 4.08. The fourth-order valence-corrected chi connectivity index (χ4v) is 4.27. The van der Waals surface area contributed by atoms with E-state index in [-0.39, 0.29) is 18.4 Å². The Morgan fingerprint density at radius 2 is 2.13 bits per heavy atom. The fraction of sp³-hybridized carbons (Fsp3) is 0.571. The summed E-state index contributed by atoms with van der Waals surface area (Å²) in [4.78, 5) is 27.6. The number of hydrogen-bond acceptors (Lipinski definition) is 5. The third-order valence-electron chi connectivity index (χ3n) is 6.27. The normalized spacial score (nSPS) is 22.2. The lowest BCUT2D eigenvalue weighted by atomic mass is 10.0. The third kappa shape index (κ3) is 4.64. The third-order valence-corrected chi connectivity index (χ3v) is 6.50. The summed E-state index contributed by atoms with van der Waals surface area (Å²) in [6.45, 7) is 5.23. The molecular formula is C21H27ClN6O2. The average molecular weight is 431 g/mol. The number of rotatable bonds is 7. The summed E-state index contributed by atoms with van der Waals surface area (Å²) in [6, 6.07) is 4.93. The molecule has 2 atom stereocenters. The minimum absolute atomic E-state index is 0.0877. The highest BCUT2D eigenvalue weighted by atomic mass is 35.5. The SMILES string of the molecule is C[C@@H]1CC(C(=O)NCc2cc(Cl)ccc2-n2cnnn2)N(C(=O)CCC2(C)CC2)C1. The van der Waals surface area contributed by atoms with Crippen LogP contribution in [0.25, 0.3) is 5.69 Å². The summed E-state index contributed by atoms with van der Waals surface area (Å²) >= 11 is 6.15. The molecule has 0 bridgehead atoms. The number of halogens is 1. The van der Waals surface area contributed by atoms with Crippen molar-refractivity contribution in [2.75, 3.05) is 6.54 Å². The molecule has 0 spiro atoms. The summed E-state index contributed by atoms with van der Waals surface area (Å²) in [5.41, 5.74) is 1.88. The molecule has 1 saturated carbocycles. The lowest BCUT2D eigenvalue weighted by Gasteiger charge is -2.25. The summed E-state index contributed by atoms with van der Waals surface area (Å²) in [5.74, 6) is 0.266. The average Bonchev–Trinajstić information content (AvgIpc) is 3.11. The van der Waals surface area contributed by atoms with Gasteiger partial charge in [-0.25, -0.2) is 4.68 Å². The second kappa shape index (κ2) is 8.34. The van der Waals surface area contributed by atoms with Gasteiger partial charge in [0.2, 0.25) is 11.8 Å². The second-order valence-electron chi connectivity index (χ2n) is 8.96. The first kappa shape index (κ1) is 20.8. The number of carbonyl (C=O) groups excluding carboxylic acids is 2. The molecule has 2 fully saturated rings. The molecule has 0 radical (unpaired) electrons. The Morgan fingerprint density at radius 3 is 2.83 bits per heavy atom. The molecule has 30 heavy (non-hydrogen) atoms. The molecule has 2 aliphatic rings. The number of tetrazole rings is 1. The highest BCUT2D eigenvalue weighted by molar-refractivity contribution is 6.30. The van der Waals surface area contributed by atoms with Gasteiger partial charge in [-0.3, -0.25) is 9.59 Å². The van der Waals surface area contributed by atoms with E-state index in [1.54, 1.807) is 17.0 Å². The zero-order chi connectivity index (χ0) is 21.3. The lowest BCUT2D eigenvalue weighted by molar-refractivity contribution is -0.138. The molecule has 1 aromatic carbocycles. The highest BCUT2D eigenvalue weighted by Crippen LogP contribution is 2.49. The van der Waals surface area contributed by atoms with E-state index in [9.17, 15) is 9.59 Å². The maximum Gasteiger partial charge on any atom is 0.243 e. The van der Waals surface area contributed by atoms with Crippen molar-refractivity contribution in [2.24, 2.45) is 11.3 Å². The molecule has 8 nitrogen and oxygen atoms in total. The molecule has 2 heterocycles. The zero-order valence-electron chi connectivity index (χ0n) is 17.3. The quantitative estimate of drug-likeness (QED) is 0.729. The number of carbonyl (C=O) groups is 2. The van der Waals surface area contributed by atoms with Crippen molar-refractivity contribution in [3.05, 3.63) is 35.1 Å². The molecule has 1 unspecified atom stereocenters. The molecule has 1 aromatic heterocycles. The summed E-state index contributed by atoms with van der Waals surface area (Å²) < 4.78 is 1.53. The summed E-state index contributed by atoms with van der Waals surface area (Å²) in [6.07, 6.45) is 6.00. The van der Waals surface area contributed by atoms with E-state index in [4.69, 9.17) is 11.6 Å². The van der Waals surface area contributed by atoms with E-state index in [0.717, 1.165) is 17.7 Å². The molecule has 1 aliphatic heterocycles. The van der Waals surface area contributed by atoms with E-state index in [1.165, 1.54) is 23.9 Å². The Kier molecular flexibility index (Phi) is 5.77. The first-order valence-corrected chi connectivity index (χ1v) is 10.8. The van der Waals surface area contributed by atoms with Gasteiger partial charge in [0.25, 0.3) is 0 Å². The molecule has 4 rings (SSSR count). The molecule has 1 N–H and O–H groups in total. The molecule has 2 aromatic rings. The van der Waals surface area contributed by atoms with Crippen LogP contribution in [0.3, 0.4) is 0 Å². The molecule has 2 amide bonds. The van der Waals surface area contributed by atoms with Gasteiger partial charge in [0, 0.05) is 24.5 Å². The van der Waals surface area contributed by atoms with Gasteiger partial charge in [0.15, 0.2) is 0 Å². The Morgan fingerprint density at radius 1 is 1.33 bits per heavy atom. The van der Waals surface area contributed by atoms with Crippen molar-refractivity contribution in [1.82, 2.24) is 30.4 Å². The van der Waals surface area contributed by atoms with Crippen LogP contribution in [0.1, 0.15) is 51.5 Å². The summed E-state index contributed by atoms with van der Waals surface area (Å²) in [7, 11) is 0. The van der Waals surface area contributed by atoms with Gasteiger partial charge in [-0.1, -0.05) is 25.4 Å². The van der Waals surface area contributed by atoms with E-state index < -0.39 is 6.04 Å². The number of aromatic nitrogens is 4. The van der Waals surface area contributed by atoms with Gasteiger partial charge < -0.3 is 10.2 Å². The molecule has 1 aliphatic carbocycles. The largest absolute Gasteiger partial charge is 0.350 e. The molecule has 9 heteroatoms. The first-order valence-electron chi connectivity index (χ1n) is 10.4. The number of nitrogens with zero attached hydrogens (tertiary/aromatic N) is 5. The maximum atomic E-state index is 13.0.